The average Bonchev–Trinajstić information content (AvgIpc) is 3.33. The number of aliphatic hydroxyl groups excluding tert-OH is 2. The maximum Gasteiger partial charge on any atom is 0.209 e. The Labute approximate surface area is 198 Å². The minimum atomic E-state index is -2.54. The first-order valence-corrected chi connectivity index (χ1v) is 11.0. The number of hydrogen-bond acceptors (Lipinski definition) is 10. The van der Waals surface area contributed by atoms with Crippen molar-refractivity contribution in [1.29, 1.82) is 0 Å². The molecule has 1 heterocycles. The Balaban J connectivity index is 1.60. The number of phenolic OH excluding ortho intramolecular Hbond substituents is 1. The first kappa shape index (κ1) is 22.7. The molecule has 0 aliphatic heterocycles. The van der Waals surface area contributed by atoms with Gasteiger partial charge in [-0.2, -0.15) is 0 Å². The van der Waals surface area contributed by atoms with Crippen molar-refractivity contribution in [3.8, 4) is 5.75 Å². The molecule has 0 saturated heterocycles. The van der Waals surface area contributed by atoms with Crippen molar-refractivity contribution in [2.75, 3.05) is 0 Å². The van der Waals surface area contributed by atoms with E-state index in [4.69, 9.17) is 4.52 Å². The number of phenols is 1. The van der Waals surface area contributed by atoms with Crippen LogP contribution in [0.25, 0.3) is 0 Å². The number of carbonyl (C=O) groups is 4. The van der Waals surface area contributed by atoms with Gasteiger partial charge in [0.2, 0.25) is 17.3 Å². The van der Waals surface area contributed by atoms with Gasteiger partial charge >= 0.3 is 0 Å². The SMILES string of the molecule is CC(=O)C1=C(O)C[C@@H]2C[C@@H]3Cc4c(CC(=O)c5ccno5)ccc(O)c4C(=O)C3=C(O)[C@]2(O)C1=O. The lowest BCUT2D eigenvalue weighted by molar-refractivity contribution is -0.144. The van der Waals surface area contributed by atoms with Crippen molar-refractivity contribution in [2.24, 2.45) is 11.8 Å². The Bertz CT molecular complexity index is 1380. The van der Waals surface area contributed by atoms with Crippen LogP contribution in [0.2, 0.25) is 0 Å². The monoisotopic (exact) mass is 479 g/mol. The summed E-state index contributed by atoms with van der Waals surface area (Å²) in [5, 5.41) is 46.7. The van der Waals surface area contributed by atoms with Gasteiger partial charge in [-0.1, -0.05) is 11.2 Å². The highest BCUT2D eigenvalue weighted by Gasteiger charge is 2.59. The number of fused-ring (bicyclic) bond motifs is 3. The zero-order valence-electron chi connectivity index (χ0n) is 18.6. The second kappa shape index (κ2) is 7.74. The molecule has 3 aliphatic rings. The third kappa shape index (κ3) is 3.17. The van der Waals surface area contributed by atoms with Gasteiger partial charge in [0.15, 0.2) is 17.2 Å². The quantitative estimate of drug-likeness (QED) is 0.375. The van der Waals surface area contributed by atoms with Crippen LogP contribution in [0.1, 0.15) is 51.8 Å². The van der Waals surface area contributed by atoms with Crippen LogP contribution in [0.3, 0.4) is 0 Å². The van der Waals surface area contributed by atoms with E-state index in [1.807, 2.05) is 0 Å². The normalized spacial score (nSPS) is 25.8. The summed E-state index contributed by atoms with van der Waals surface area (Å²) < 4.78 is 4.90. The highest BCUT2D eigenvalue weighted by Crippen LogP contribution is 2.51. The number of aromatic nitrogens is 1. The fraction of sp³-hybridized carbons (Fsp3) is 0.320. The summed E-state index contributed by atoms with van der Waals surface area (Å²) in [5.41, 5.74) is -2.59. The van der Waals surface area contributed by atoms with Crippen LogP contribution in [0.5, 0.6) is 5.75 Å². The van der Waals surface area contributed by atoms with Gasteiger partial charge in [-0.25, -0.2) is 0 Å². The zero-order chi connectivity index (χ0) is 25.2. The van der Waals surface area contributed by atoms with E-state index < -0.39 is 51.9 Å². The molecular formula is C25H21NO9. The van der Waals surface area contributed by atoms with Gasteiger partial charge in [0.05, 0.1) is 11.8 Å². The second-order valence-corrected chi connectivity index (χ2v) is 9.18. The van der Waals surface area contributed by atoms with E-state index in [2.05, 4.69) is 5.16 Å². The van der Waals surface area contributed by atoms with Crippen molar-refractivity contribution in [3.63, 3.8) is 0 Å². The van der Waals surface area contributed by atoms with E-state index in [1.54, 1.807) is 0 Å². The van der Waals surface area contributed by atoms with Gasteiger partial charge in [-0.05, 0) is 42.9 Å². The Morgan fingerprint density at radius 2 is 1.89 bits per heavy atom. The van der Waals surface area contributed by atoms with Crippen LogP contribution in [0.4, 0.5) is 0 Å². The van der Waals surface area contributed by atoms with Crippen LogP contribution in [-0.4, -0.2) is 54.3 Å². The van der Waals surface area contributed by atoms with Crippen molar-refractivity contribution in [2.45, 2.75) is 38.2 Å². The fourth-order valence-electron chi connectivity index (χ4n) is 5.58. The lowest BCUT2D eigenvalue weighted by Crippen LogP contribution is -2.56. The number of Topliss-reactive ketones (excluding diaryl/α,β-unsaturated/α-hetero) is 4. The molecule has 35 heavy (non-hydrogen) atoms. The number of allylic oxidation sites excluding steroid dienone is 2. The standard InChI is InChI=1S/C25H21NO9/c1-10(27)19-17(30)9-13-6-12-7-14-11(8-16(29)18-4-5-26-35-18)2-3-15(28)21(14)22(31)20(12)24(33)25(13,34)23(19)32/h2-5,12-13,28,30,33-34H,6-9H2,1H3/t12-,13+,25-/m1/s1. The molecule has 10 nitrogen and oxygen atoms in total. The summed E-state index contributed by atoms with van der Waals surface area (Å²) in [4.78, 5) is 51.1. The molecular weight excluding hydrogens is 458 g/mol. The molecule has 1 aromatic heterocycles. The maximum atomic E-state index is 13.5. The predicted molar refractivity (Wildman–Crippen MR) is 117 cm³/mol. The van der Waals surface area contributed by atoms with E-state index >= 15 is 0 Å². The van der Waals surface area contributed by atoms with E-state index in [0.717, 1.165) is 6.92 Å². The molecule has 3 atom stereocenters. The number of rotatable bonds is 4. The number of nitrogens with zero attached hydrogens (tertiary/aromatic N) is 1. The second-order valence-electron chi connectivity index (χ2n) is 9.18. The molecule has 0 spiro atoms. The van der Waals surface area contributed by atoms with Gasteiger partial charge < -0.3 is 24.9 Å². The zero-order valence-corrected chi connectivity index (χ0v) is 18.6. The molecule has 2 aromatic rings. The molecule has 1 aromatic carbocycles. The highest BCUT2D eigenvalue weighted by molar-refractivity contribution is 6.25. The lowest BCUT2D eigenvalue weighted by atomic mass is 9.60. The smallest absolute Gasteiger partial charge is 0.209 e. The van der Waals surface area contributed by atoms with E-state index in [9.17, 15) is 39.6 Å². The number of carbonyl (C=O) groups excluding carboxylic acids is 4. The number of aromatic hydroxyl groups is 1. The first-order chi connectivity index (χ1) is 16.6. The minimum Gasteiger partial charge on any atom is -0.511 e. The molecule has 0 unspecified atom stereocenters. The van der Waals surface area contributed by atoms with Crippen LogP contribution < -0.4 is 0 Å². The van der Waals surface area contributed by atoms with Crippen LogP contribution in [0.15, 0.2) is 51.6 Å². The van der Waals surface area contributed by atoms with Crippen LogP contribution in [0, 0.1) is 11.8 Å². The average molecular weight is 479 g/mol. The van der Waals surface area contributed by atoms with Gasteiger partial charge in [0, 0.05) is 30.4 Å². The summed E-state index contributed by atoms with van der Waals surface area (Å²) in [6.07, 6.45) is 1.16. The van der Waals surface area contributed by atoms with Crippen molar-refractivity contribution in [1.82, 2.24) is 5.16 Å². The Hall–Kier alpha value is -4.05. The van der Waals surface area contributed by atoms with Gasteiger partial charge in [0.25, 0.3) is 0 Å². The number of hydrogen-bond donors (Lipinski definition) is 4. The van der Waals surface area contributed by atoms with Crippen molar-refractivity contribution in [3.05, 3.63) is 69.5 Å². The molecule has 10 heteroatoms. The molecule has 180 valence electrons. The Kier molecular flexibility index (Phi) is 5.03. The van der Waals surface area contributed by atoms with Gasteiger partial charge in [0.1, 0.15) is 22.8 Å². The van der Waals surface area contributed by atoms with Crippen molar-refractivity contribution < 1.29 is 44.1 Å². The maximum absolute atomic E-state index is 13.5. The third-order valence-corrected chi connectivity index (χ3v) is 7.21. The molecule has 0 fully saturated rings. The van der Waals surface area contributed by atoms with Gasteiger partial charge in [-0.3, -0.25) is 19.2 Å². The summed E-state index contributed by atoms with van der Waals surface area (Å²) in [6, 6.07) is 4.20. The number of aliphatic hydroxyl groups is 3. The number of ketones is 4. The molecule has 3 aliphatic carbocycles. The van der Waals surface area contributed by atoms with E-state index in [1.165, 1.54) is 24.4 Å². The fourth-order valence-corrected chi connectivity index (χ4v) is 5.58. The lowest BCUT2D eigenvalue weighted by Gasteiger charge is -2.45. The van der Waals surface area contributed by atoms with E-state index in [-0.39, 0.29) is 54.1 Å². The summed E-state index contributed by atoms with van der Waals surface area (Å²) >= 11 is 0. The summed E-state index contributed by atoms with van der Waals surface area (Å²) in [6.45, 7) is 1.06. The molecule has 0 bridgehead atoms. The Morgan fingerprint density at radius 3 is 2.54 bits per heavy atom. The van der Waals surface area contributed by atoms with Gasteiger partial charge in [-0.15, -0.1) is 0 Å². The molecule has 0 radical (unpaired) electrons. The third-order valence-electron chi connectivity index (χ3n) is 7.21. The minimum absolute atomic E-state index is 0.0409. The molecule has 0 saturated carbocycles. The molecule has 4 N–H and O–H groups in total. The first-order valence-electron chi connectivity index (χ1n) is 11.0. The summed E-state index contributed by atoms with van der Waals surface area (Å²) in [5.74, 6) is -6.36. The van der Waals surface area contributed by atoms with E-state index in [0.29, 0.717) is 11.1 Å². The molecule has 5 rings (SSSR count). The highest BCUT2D eigenvalue weighted by atomic mass is 16.5. The summed E-state index contributed by atoms with van der Waals surface area (Å²) in [7, 11) is 0. The number of benzene rings is 1. The van der Waals surface area contributed by atoms with Crippen LogP contribution >= 0.6 is 0 Å². The Morgan fingerprint density at radius 1 is 1.14 bits per heavy atom. The topological polar surface area (TPSA) is 175 Å². The predicted octanol–water partition coefficient (Wildman–Crippen LogP) is 2.10. The molecule has 0 amide bonds. The van der Waals surface area contributed by atoms with Crippen LogP contribution in [-0.2, 0) is 22.4 Å². The largest absolute Gasteiger partial charge is 0.511 e. The van der Waals surface area contributed by atoms with Crippen molar-refractivity contribution >= 4 is 23.1 Å².